The van der Waals surface area contributed by atoms with Gasteiger partial charge in [0.15, 0.2) is 0 Å². The van der Waals surface area contributed by atoms with Crippen molar-refractivity contribution < 1.29 is 9.52 Å². The molecule has 6 aromatic carbocycles. The first-order valence-corrected chi connectivity index (χ1v) is 24.5. The van der Waals surface area contributed by atoms with Gasteiger partial charge in [0.05, 0.1) is 39.9 Å². The lowest BCUT2D eigenvalue weighted by atomic mass is 9.77. The summed E-state index contributed by atoms with van der Waals surface area (Å²) >= 11 is 0. The molecule has 3 aromatic heterocycles. The van der Waals surface area contributed by atoms with Crippen LogP contribution in [0.4, 0.5) is 0 Å². The van der Waals surface area contributed by atoms with E-state index < -0.39 is 0 Å². The molecule has 0 saturated heterocycles. The minimum Gasteiger partial charge on any atom is -0.507 e. The van der Waals surface area contributed by atoms with Gasteiger partial charge in [-0.05, 0) is 103 Å². The Morgan fingerprint density at radius 1 is 0.435 bits per heavy atom. The third-order valence-corrected chi connectivity index (χ3v) is 13.8. The van der Waals surface area contributed by atoms with Crippen molar-refractivity contribution in [1.82, 2.24) is 14.5 Å². The van der Waals surface area contributed by atoms with Gasteiger partial charge in [0.2, 0.25) is 0 Å². The Morgan fingerprint density at radius 2 is 1.04 bits per heavy atom. The van der Waals surface area contributed by atoms with Gasteiger partial charge in [0.25, 0.3) is 0 Å². The quantitative estimate of drug-likeness (QED) is 0.181. The van der Waals surface area contributed by atoms with E-state index in [2.05, 4.69) is 236 Å². The second-order valence-corrected chi connectivity index (χ2v) is 24.2. The van der Waals surface area contributed by atoms with E-state index in [1.54, 1.807) is 0 Å². The van der Waals surface area contributed by atoms with Crippen LogP contribution in [0, 0.1) is 0 Å². The van der Waals surface area contributed by atoms with E-state index in [-0.39, 0.29) is 32.8 Å². The fourth-order valence-electron chi connectivity index (χ4n) is 9.58. The van der Waals surface area contributed by atoms with Crippen LogP contribution in [0.2, 0.25) is 0 Å². The Morgan fingerprint density at radius 3 is 1.71 bits per heavy atom. The topological polar surface area (TPSA) is 64.1 Å². The molecule has 9 aromatic rings. The minimum absolute atomic E-state index is 0.0398. The van der Waals surface area contributed by atoms with Crippen LogP contribution in [-0.2, 0) is 27.1 Å². The van der Waals surface area contributed by atoms with Crippen LogP contribution in [0.5, 0.6) is 5.75 Å². The second kappa shape index (κ2) is 16.8. The van der Waals surface area contributed by atoms with E-state index in [0.29, 0.717) is 11.4 Å². The summed E-state index contributed by atoms with van der Waals surface area (Å²) in [6.07, 6.45) is 1.92. The maximum absolute atomic E-state index is 12.5. The fourth-order valence-corrected chi connectivity index (χ4v) is 9.58. The number of rotatable bonds is 6. The Kier molecular flexibility index (Phi) is 11.5. The van der Waals surface area contributed by atoms with Crippen molar-refractivity contribution in [2.75, 3.05) is 0 Å². The lowest BCUT2D eigenvalue weighted by molar-refractivity contribution is 0.446. The molecule has 352 valence electrons. The summed E-state index contributed by atoms with van der Waals surface area (Å²) in [5.74, 6) is 0.915. The van der Waals surface area contributed by atoms with Gasteiger partial charge in [-0.25, -0.2) is 9.97 Å². The molecule has 0 amide bonds. The largest absolute Gasteiger partial charge is 0.507 e. The van der Waals surface area contributed by atoms with Crippen LogP contribution in [0.1, 0.15) is 132 Å². The van der Waals surface area contributed by atoms with E-state index in [9.17, 15) is 5.11 Å². The highest BCUT2D eigenvalue weighted by Gasteiger charge is 2.30. The molecule has 3 heterocycles. The highest BCUT2D eigenvalue weighted by Crippen LogP contribution is 2.46. The Labute approximate surface area is 410 Å². The summed E-state index contributed by atoms with van der Waals surface area (Å²) in [7, 11) is 0. The second-order valence-electron chi connectivity index (χ2n) is 24.2. The molecule has 5 nitrogen and oxygen atoms in total. The summed E-state index contributed by atoms with van der Waals surface area (Å²) in [5, 5.41) is 13.6. The molecule has 0 bridgehead atoms. The first-order valence-electron chi connectivity index (χ1n) is 24.5. The number of para-hydroxylation sites is 2. The van der Waals surface area contributed by atoms with Gasteiger partial charge in [0.1, 0.15) is 17.2 Å². The van der Waals surface area contributed by atoms with Crippen LogP contribution in [0.15, 0.2) is 144 Å². The number of nitrogens with zero attached hydrogens (tertiary/aromatic N) is 3. The lowest BCUT2D eigenvalue weighted by Crippen LogP contribution is -2.17. The number of hydrogen-bond acceptors (Lipinski definition) is 4. The molecule has 0 atom stereocenters. The molecule has 0 unspecified atom stereocenters. The number of hydrogen-bond donors (Lipinski definition) is 1. The zero-order chi connectivity index (χ0) is 49.6. The monoisotopic (exact) mass is 912 g/mol. The van der Waals surface area contributed by atoms with Gasteiger partial charge >= 0.3 is 0 Å². The number of aromatic nitrogens is 3. The molecule has 0 saturated carbocycles. The normalized spacial score (nSPS) is 12.9. The predicted molar refractivity (Wildman–Crippen MR) is 291 cm³/mol. The maximum Gasteiger partial charge on any atom is 0.149 e. The van der Waals surface area contributed by atoms with Crippen molar-refractivity contribution in [2.24, 2.45) is 0 Å². The van der Waals surface area contributed by atoms with Gasteiger partial charge in [-0.3, -0.25) is 4.57 Å². The van der Waals surface area contributed by atoms with Crippen LogP contribution >= 0.6 is 0 Å². The lowest BCUT2D eigenvalue weighted by Gasteiger charge is -2.27. The molecule has 9 rings (SSSR count). The van der Waals surface area contributed by atoms with Crippen LogP contribution in [-0.4, -0.2) is 19.6 Å². The zero-order valence-corrected chi connectivity index (χ0v) is 43.5. The molecule has 5 heteroatoms. The van der Waals surface area contributed by atoms with Crippen LogP contribution in [0.3, 0.4) is 0 Å². The molecule has 69 heavy (non-hydrogen) atoms. The molecule has 1 N–H and O–H groups in total. The van der Waals surface area contributed by atoms with Crippen molar-refractivity contribution in [3.05, 3.63) is 168 Å². The molecule has 0 aliphatic rings. The number of pyridine rings is 1. The average molecular weight is 912 g/mol. The molecule has 0 fully saturated rings. The number of imidazole rings is 1. The summed E-state index contributed by atoms with van der Waals surface area (Å²) in [6.45, 7) is 33.6. The van der Waals surface area contributed by atoms with Crippen molar-refractivity contribution in [1.29, 1.82) is 0 Å². The number of fused-ring (bicyclic) bond motifs is 2. The third kappa shape index (κ3) is 8.93. The summed E-state index contributed by atoms with van der Waals surface area (Å²) in [4.78, 5) is 11.1. The molecule has 0 aliphatic heterocycles. The van der Waals surface area contributed by atoms with Gasteiger partial charge in [-0.1, -0.05) is 195 Å². The van der Waals surface area contributed by atoms with E-state index in [4.69, 9.17) is 14.4 Å². The van der Waals surface area contributed by atoms with Crippen molar-refractivity contribution in [2.45, 2.75) is 131 Å². The van der Waals surface area contributed by atoms with Gasteiger partial charge in [-0.15, -0.1) is 0 Å². The predicted octanol–water partition coefficient (Wildman–Crippen LogP) is 17.7. The first kappa shape index (κ1) is 47.4. The van der Waals surface area contributed by atoms with Gasteiger partial charge in [-0.2, -0.15) is 0 Å². The molecule has 0 radical (unpaired) electrons. The van der Waals surface area contributed by atoms with Crippen molar-refractivity contribution >= 4 is 22.0 Å². The summed E-state index contributed by atoms with van der Waals surface area (Å²) < 4.78 is 8.69. The van der Waals surface area contributed by atoms with Crippen molar-refractivity contribution in [3.8, 4) is 67.6 Å². The highest BCUT2D eigenvalue weighted by molar-refractivity contribution is 5.99. The smallest absolute Gasteiger partial charge is 0.149 e. The number of furan rings is 1. The summed E-state index contributed by atoms with van der Waals surface area (Å²) in [5.41, 5.74) is 17.3. The number of benzene rings is 6. The van der Waals surface area contributed by atoms with E-state index >= 15 is 0 Å². The Hall–Kier alpha value is -6.72. The zero-order valence-electron chi connectivity index (χ0n) is 43.5. The average Bonchev–Trinajstić information content (AvgIpc) is 3.89. The Bertz CT molecular complexity index is 3400. The molecular formula is C64H69N3O2. The molecule has 0 spiro atoms. The maximum atomic E-state index is 12.5. The van der Waals surface area contributed by atoms with Gasteiger partial charge < -0.3 is 9.52 Å². The third-order valence-electron chi connectivity index (χ3n) is 13.8. The number of phenolic OH excluding ortho intramolecular Hbond substituents is 1. The van der Waals surface area contributed by atoms with Crippen molar-refractivity contribution in [3.63, 3.8) is 0 Å². The van der Waals surface area contributed by atoms with Gasteiger partial charge in [0, 0.05) is 33.2 Å². The van der Waals surface area contributed by atoms with E-state index in [1.807, 2.05) is 12.3 Å². The number of aromatic hydroxyl groups is 1. The highest BCUT2D eigenvalue weighted by atomic mass is 16.3. The standard InChI is InChI=1S/C64H69N3O2/c1-60(2,3)41-29-31-45(50(34-41)63(10,11)12)49-38-69-56-32-40(28-30-46(49)56)52-36-43(62(7,8)9)37-53(65-52)47-25-21-27-55-57(47)66-59(48-33-42(61(4,5)6)35-51(58(48)68)64(13,14)15)67(55)54-26-20-19-24-44(54)39-22-17-16-18-23-39/h16-38,68H,1-15H3. The number of phenols is 1. The fraction of sp³-hybridized carbons (Fsp3) is 0.312. The molecule has 0 aliphatic carbocycles. The van der Waals surface area contributed by atoms with E-state index in [0.717, 1.165) is 83.6 Å². The minimum atomic E-state index is -0.328. The first-order chi connectivity index (χ1) is 32.3. The van der Waals surface area contributed by atoms with Crippen LogP contribution < -0.4 is 0 Å². The summed E-state index contributed by atoms with van der Waals surface area (Å²) in [6, 6.07) is 47.6. The van der Waals surface area contributed by atoms with E-state index in [1.165, 1.54) is 16.7 Å². The molecular weight excluding hydrogens is 843 g/mol. The van der Waals surface area contributed by atoms with Crippen LogP contribution in [0.25, 0.3) is 83.8 Å². The Balaban J connectivity index is 1.27. The SMILES string of the molecule is CC(C)(C)c1cc(-c2ccc3c(-c4ccc(C(C)(C)C)cc4C(C)(C)C)coc3c2)nc(-c2cccc3c2nc(-c2cc(C(C)(C)C)cc(C(C)(C)C)c2O)n3-c2ccccc2-c2ccccc2)c1.